The number of amides is 2. The van der Waals surface area contributed by atoms with E-state index >= 15 is 0 Å². The standard InChI is InChI=1S/C18H15FN4O2/c1-10-7-11(2)9-14(8-10)23-16-15(20-21-23)17(24)22(18(16)25)13-5-3-12(19)4-6-13/h3-9,15-16H,1-2H3/t15-,16+/m0/s1. The first kappa shape index (κ1) is 15.4. The van der Waals surface area contributed by atoms with Crippen LogP contribution in [0.2, 0.25) is 0 Å². The van der Waals surface area contributed by atoms with E-state index in [2.05, 4.69) is 10.3 Å². The van der Waals surface area contributed by atoms with Crippen LogP contribution in [-0.4, -0.2) is 23.9 Å². The lowest BCUT2D eigenvalue weighted by molar-refractivity contribution is -0.121. The summed E-state index contributed by atoms with van der Waals surface area (Å²) in [5.41, 5.74) is 3.11. The molecule has 1 saturated heterocycles. The van der Waals surface area contributed by atoms with Gasteiger partial charge in [0, 0.05) is 0 Å². The van der Waals surface area contributed by atoms with Gasteiger partial charge in [0.2, 0.25) is 0 Å². The molecule has 0 spiro atoms. The molecule has 0 saturated carbocycles. The first-order chi connectivity index (χ1) is 12.0. The van der Waals surface area contributed by atoms with Crippen LogP contribution >= 0.6 is 0 Å². The van der Waals surface area contributed by atoms with Crippen LogP contribution in [0, 0.1) is 19.7 Å². The van der Waals surface area contributed by atoms with Crippen molar-refractivity contribution in [2.24, 2.45) is 10.3 Å². The molecule has 0 aromatic heterocycles. The van der Waals surface area contributed by atoms with Gasteiger partial charge in [0.15, 0.2) is 12.1 Å². The Hall–Kier alpha value is -3.09. The van der Waals surface area contributed by atoms with Gasteiger partial charge >= 0.3 is 0 Å². The molecule has 4 rings (SSSR count). The maximum atomic E-state index is 13.1. The summed E-state index contributed by atoms with van der Waals surface area (Å²) < 4.78 is 13.1. The predicted molar refractivity (Wildman–Crippen MR) is 89.7 cm³/mol. The minimum atomic E-state index is -0.877. The summed E-state index contributed by atoms with van der Waals surface area (Å²) in [5, 5.41) is 9.54. The minimum Gasteiger partial charge on any atom is -0.271 e. The fourth-order valence-corrected chi connectivity index (χ4v) is 3.30. The highest BCUT2D eigenvalue weighted by Gasteiger charge is 2.55. The maximum Gasteiger partial charge on any atom is 0.263 e. The molecule has 0 aliphatic carbocycles. The van der Waals surface area contributed by atoms with Crippen molar-refractivity contribution in [2.75, 3.05) is 9.91 Å². The van der Waals surface area contributed by atoms with E-state index in [0.29, 0.717) is 5.69 Å². The summed E-state index contributed by atoms with van der Waals surface area (Å²) in [7, 11) is 0. The van der Waals surface area contributed by atoms with Crippen LogP contribution in [0.5, 0.6) is 0 Å². The Morgan fingerprint density at radius 2 is 1.56 bits per heavy atom. The second kappa shape index (κ2) is 5.47. The van der Waals surface area contributed by atoms with Crippen molar-refractivity contribution in [3.8, 4) is 0 Å². The molecule has 2 amide bonds. The third-order valence-electron chi connectivity index (χ3n) is 4.34. The molecule has 1 fully saturated rings. The number of benzene rings is 2. The van der Waals surface area contributed by atoms with Gasteiger partial charge in [-0.25, -0.2) is 14.3 Å². The molecule has 0 bridgehead atoms. The first-order valence-corrected chi connectivity index (χ1v) is 7.87. The molecule has 0 unspecified atom stereocenters. The lowest BCUT2D eigenvalue weighted by Crippen LogP contribution is -2.40. The number of nitrogens with zero attached hydrogens (tertiary/aromatic N) is 4. The van der Waals surface area contributed by atoms with E-state index in [4.69, 9.17) is 0 Å². The Balaban J connectivity index is 1.71. The highest BCUT2D eigenvalue weighted by Crippen LogP contribution is 2.35. The third kappa shape index (κ3) is 2.39. The highest BCUT2D eigenvalue weighted by atomic mass is 19.1. The highest BCUT2D eigenvalue weighted by molar-refractivity contribution is 6.26. The molecule has 2 aliphatic rings. The molecule has 2 heterocycles. The number of anilines is 2. The lowest BCUT2D eigenvalue weighted by Gasteiger charge is -2.21. The normalized spacial score (nSPS) is 22.0. The number of carbonyl (C=O) groups is 2. The Kier molecular flexibility index (Phi) is 3.38. The van der Waals surface area contributed by atoms with Crippen LogP contribution in [0.15, 0.2) is 52.8 Å². The molecule has 0 N–H and O–H groups in total. The number of hydrogen-bond donors (Lipinski definition) is 0. The van der Waals surface area contributed by atoms with Crippen LogP contribution in [-0.2, 0) is 9.59 Å². The Morgan fingerprint density at radius 1 is 0.920 bits per heavy atom. The van der Waals surface area contributed by atoms with Gasteiger partial charge < -0.3 is 0 Å². The van der Waals surface area contributed by atoms with E-state index in [1.54, 1.807) is 0 Å². The number of halogens is 1. The Labute approximate surface area is 143 Å². The topological polar surface area (TPSA) is 65.3 Å². The molecule has 2 aromatic rings. The average Bonchev–Trinajstić information content (AvgIpc) is 3.09. The maximum absolute atomic E-state index is 13.1. The third-order valence-corrected chi connectivity index (χ3v) is 4.34. The van der Waals surface area contributed by atoms with Crippen LogP contribution in [0.1, 0.15) is 11.1 Å². The average molecular weight is 338 g/mol. The van der Waals surface area contributed by atoms with Gasteiger partial charge in [-0.15, -0.1) is 0 Å². The summed E-state index contributed by atoms with van der Waals surface area (Å²) in [6.45, 7) is 3.90. The van der Waals surface area contributed by atoms with Gasteiger partial charge in [-0.3, -0.25) is 9.59 Å². The monoisotopic (exact) mass is 338 g/mol. The van der Waals surface area contributed by atoms with Gasteiger partial charge in [-0.2, -0.15) is 5.11 Å². The summed E-state index contributed by atoms with van der Waals surface area (Å²) in [6, 6.07) is 9.37. The van der Waals surface area contributed by atoms with Crippen molar-refractivity contribution in [3.05, 3.63) is 59.4 Å². The summed E-state index contributed by atoms with van der Waals surface area (Å²) >= 11 is 0. The Bertz CT molecular complexity index is 890. The van der Waals surface area contributed by atoms with E-state index in [0.717, 1.165) is 21.7 Å². The summed E-state index contributed by atoms with van der Waals surface area (Å²) in [5.74, 6) is -1.29. The second-order valence-electron chi connectivity index (χ2n) is 6.27. The van der Waals surface area contributed by atoms with E-state index in [1.807, 2.05) is 32.0 Å². The van der Waals surface area contributed by atoms with Gasteiger partial charge in [-0.05, 0) is 61.4 Å². The minimum absolute atomic E-state index is 0.335. The van der Waals surface area contributed by atoms with Crippen molar-refractivity contribution in [3.63, 3.8) is 0 Å². The van der Waals surface area contributed by atoms with Gasteiger partial charge in [0.1, 0.15) is 5.82 Å². The van der Waals surface area contributed by atoms with Crippen LogP contribution in [0.3, 0.4) is 0 Å². The molecular weight excluding hydrogens is 323 g/mol. The molecule has 2 aromatic carbocycles. The fourth-order valence-electron chi connectivity index (χ4n) is 3.30. The zero-order valence-electron chi connectivity index (χ0n) is 13.7. The molecule has 0 radical (unpaired) electrons. The van der Waals surface area contributed by atoms with Gasteiger partial charge in [0.05, 0.1) is 11.4 Å². The van der Waals surface area contributed by atoms with E-state index in [9.17, 15) is 14.0 Å². The van der Waals surface area contributed by atoms with Gasteiger partial charge in [0.25, 0.3) is 11.8 Å². The summed E-state index contributed by atoms with van der Waals surface area (Å²) in [4.78, 5) is 26.6. The molecule has 6 nitrogen and oxygen atoms in total. The van der Waals surface area contributed by atoms with Crippen molar-refractivity contribution >= 4 is 23.2 Å². The molecule has 126 valence electrons. The second-order valence-corrected chi connectivity index (χ2v) is 6.27. The van der Waals surface area contributed by atoms with Crippen molar-refractivity contribution in [1.29, 1.82) is 0 Å². The smallest absolute Gasteiger partial charge is 0.263 e. The summed E-state index contributed by atoms with van der Waals surface area (Å²) in [6.07, 6.45) is 0. The van der Waals surface area contributed by atoms with Crippen molar-refractivity contribution < 1.29 is 14.0 Å². The van der Waals surface area contributed by atoms with E-state index in [1.165, 1.54) is 29.3 Å². The lowest BCUT2D eigenvalue weighted by atomic mass is 10.1. The van der Waals surface area contributed by atoms with E-state index < -0.39 is 29.7 Å². The van der Waals surface area contributed by atoms with Crippen molar-refractivity contribution in [1.82, 2.24) is 0 Å². The number of imide groups is 1. The molecule has 2 aliphatic heterocycles. The molecular formula is C18H15FN4O2. The largest absolute Gasteiger partial charge is 0.271 e. The number of hydrogen-bond acceptors (Lipinski definition) is 5. The molecule has 25 heavy (non-hydrogen) atoms. The molecule has 7 heteroatoms. The Morgan fingerprint density at radius 3 is 2.20 bits per heavy atom. The van der Waals surface area contributed by atoms with Crippen molar-refractivity contribution in [2.45, 2.75) is 25.9 Å². The first-order valence-electron chi connectivity index (χ1n) is 7.87. The van der Waals surface area contributed by atoms with Crippen LogP contribution in [0.4, 0.5) is 15.8 Å². The number of fused-ring (bicyclic) bond motifs is 1. The van der Waals surface area contributed by atoms with Crippen LogP contribution < -0.4 is 9.91 Å². The number of carbonyl (C=O) groups excluding carboxylic acids is 2. The SMILES string of the molecule is Cc1cc(C)cc(N2N=N[C@@H]3C(=O)N(c4ccc(F)cc4)C(=O)[C@@H]32)c1. The van der Waals surface area contributed by atoms with Gasteiger partial charge in [-0.1, -0.05) is 11.3 Å². The van der Waals surface area contributed by atoms with Crippen LogP contribution in [0.25, 0.3) is 0 Å². The predicted octanol–water partition coefficient (Wildman–Crippen LogP) is 2.94. The fraction of sp³-hybridized carbons (Fsp3) is 0.222. The zero-order chi connectivity index (χ0) is 17.7. The number of aryl methyl sites for hydroxylation is 2. The number of rotatable bonds is 2. The zero-order valence-corrected chi connectivity index (χ0v) is 13.7. The quantitative estimate of drug-likeness (QED) is 0.791. The molecule has 2 atom stereocenters. The van der Waals surface area contributed by atoms with E-state index in [-0.39, 0.29) is 0 Å².